The van der Waals surface area contributed by atoms with Crippen molar-refractivity contribution in [3.05, 3.63) is 36.0 Å². The van der Waals surface area contributed by atoms with Gasteiger partial charge in [-0.2, -0.15) is 0 Å². The largest absolute Gasteiger partial charge is 0.478 e. The molecular weight excluding hydrogens is 258 g/mol. The van der Waals surface area contributed by atoms with E-state index < -0.39 is 5.97 Å². The average molecular weight is 273 g/mol. The Morgan fingerprint density at radius 1 is 1.25 bits per heavy atom. The van der Waals surface area contributed by atoms with Crippen LogP contribution in [0.3, 0.4) is 0 Å². The molecule has 2 rings (SSSR count). The molecule has 0 atom stereocenters. The summed E-state index contributed by atoms with van der Waals surface area (Å²) in [6, 6.07) is 7.06. The van der Waals surface area contributed by atoms with Crippen LogP contribution in [0.4, 0.5) is 5.82 Å². The number of hydrogen-bond acceptors (Lipinski definition) is 4. The lowest BCUT2D eigenvalue weighted by Gasteiger charge is -2.13. The van der Waals surface area contributed by atoms with Gasteiger partial charge in [-0.15, -0.1) is 0 Å². The number of aromatic carboxylic acids is 1. The van der Waals surface area contributed by atoms with Crippen LogP contribution in [0.15, 0.2) is 30.5 Å². The normalized spacial score (nSPS) is 10.3. The summed E-state index contributed by atoms with van der Waals surface area (Å²) in [5.74, 6) is -0.608. The Labute approximate surface area is 116 Å². The van der Waals surface area contributed by atoms with Crippen LogP contribution in [0.5, 0.6) is 0 Å². The molecule has 0 aliphatic heterocycles. The van der Waals surface area contributed by atoms with Crippen molar-refractivity contribution in [3.63, 3.8) is 0 Å². The van der Waals surface area contributed by atoms with Crippen molar-refractivity contribution in [2.45, 2.75) is 0 Å². The lowest BCUT2D eigenvalue weighted by molar-refractivity contribution is -0.126. The molecule has 1 heterocycles. The smallest absolute Gasteiger partial charge is 0.337 e. The molecule has 0 aliphatic carbocycles. The zero-order chi connectivity index (χ0) is 14.7. The molecule has 0 radical (unpaired) electrons. The number of benzene rings is 1. The van der Waals surface area contributed by atoms with Crippen LogP contribution in [0.2, 0.25) is 0 Å². The van der Waals surface area contributed by atoms with Crippen LogP contribution in [-0.2, 0) is 4.79 Å². The topological polar surface area (TPSA) is 82.5 Å². The van der Waals surface area contributed by atoms with Gasteiger partial charge in [-0.1, -0.05) is 24.3 Å². The van der Waals surface area contributed by atoms with Crippen LogP contribution >= 0.6 is 0 Å². The summed E-state index contributed by atoms with van der Waals surface area (Å²) in [4.78, 5) is 28.3. The zero-order valence-corrected chi connectivity index (χ0v) is 11.3. The van der Waals surface area contributed by atoms with Crippen LogP contribution in [0, 0.1) is 0 Å². The molecule has 0 saturated heterocycles. The maximum absolute atomic E-state index is 11.6. The van der Waals surface area contributed by atoms with Gasteiger partial charge in [-0.3, -0.25) is 4.79 Å². The predicted molar refractivity (Wildman–Crippen MR) is 75.9 cm³/mol. The number of carboxylic acid groups (broad SMARTS) is 1. The second-order valence-electron chi connectivity index (χ2n) is 4.51. The van der Waals surface area contributed by atoms with E-state index in [0.717, 1.165) is 0 Å². The first-order valence-corrected chi connectivity index (χ1v) is 6.05. The standard InChI is InChI=1S/C14H15N3O3/c1-17(2)12(18)8-16-13-10-6-4-3-5-9(10)11(7-15-13)14(19)20/h3-7H,8H2,1-2H3,(H,15,16)(H,19,20). The van der Waals surface area contributed by atoms with Gasteiger partial charge in [0.15, 0.2) is 0 Å². The number of pyridine rings is 1. The van der Waals surface area contributed by atoms with Gasteiger partial charge in [-0.25, -0.2) is 9.78 Å². The Morgan fingerprint density at radius 2 is 1.90 bits per heavy atom. The first kappa shape index (κ1) is 13.8. The van der Waals surface area contributed by atoms with Gasteiger partial charge in [0.2, 0.25) is 5.91 Å². The predicted octanol–water partition coefficient (Wildman–Crippen LogP) is 1.43. The molecule has 0 aliphatic rings. The maximum atomic E-state index is 11.6. The highest BCUT2D eigenvalue weighted by Crippen LogP contribution is 2.24. The third-order valence-corrected chi connectivity index (χ3v) is 2.93. The molecule has 1 aromatic carbocycles. The Hall–Kier alpha value is -2.63. The maximum Gasteiger partial charge on any atom is 0.337 e. The number of nitrogens with zero attached hydrogens (tertiary/aromatic N) is 2. The number of carboxylic acids is 1. The van der Waals surface area contributed by atoms with Crippen molar-refractivity contribution < 1.29 is 14.7 Å². The first-order chi connectivity index (χ1) is 9.50. The van der Waals surface area contributed by atoms with Crippen LogP contribution in [0.1, 0.15) is 10.4 Å². The van der Waals surface area contributed by atoms with Crippen LogP contribution < -0.4 is 5.32 Å². The molecule has 0 fully saturated rings. The summed E-state index contributed by atoms with van der Waals surface area (Å²) in [7, 11) is 3.34. The van der Waals surface area contributed by atoms with E-state index in [4.69, 9.17) is 5.11 Å². The molecule has 6 nitrogen and oxygen atoms in total. The molecule has 0 unspecified atom stereocenters. The van der Waals surface area contributed by atoms with Crippen molar-refractivity contribution in [1.82, 2.24) is 9.88 Å². The van der Waals surface area contributed by atoms with E-state index in [1.807, 2.05) is 0 Å². The number of hydrogen-bond donors (Lipinski definition) is 2. The molecule has 104 valence electrons. The minimum absolute atomic E-state index is 0.0850. The summed E-state index contributed by atoms with van der Waals surface area (Å²) in [6.07, 6.45) is 1.30. The molecule has 0 bridgehead atoms. The van der Waals surface area contributed by atoms with E-state index in [9.17, 15) is 9.59 Å². The number of carbonyl (C=O) groups is 2. The Kier molecular flexibility index (Phi) is 3.84. The SMILES string of the molecule is CN(C)C(=O)CNc1ncc(C(=O)O)c2ccccc12. The molecular formula is C14H15N3O3. The average Bonchev–Trinajstić information content (AvgIpc) is 2.43. The van der Waals surface area contributed by atoms with Gasteiger partial charge in [0.25, 0.3) is 0 Å². The molecule has 0 saturated carbocycles. The van der Waals surface area contributed by atoms with Crippen molar-refractivity contribution in [1.29, 1.82) is 0 Å². The number of amides is 1. The second-order valence-corrected chi connectivity index (χ2v) is 4.51. The fraction of sp³-hybridized carbons (Fsp3) is 0.214. The molecule has 2 N–H and O–H groups in total. The van der Waals surface area contributed by atoms with E-state index >= 15 is 0 Å². The van der Waals surface area contributed by atoms with Gasteiger partial charge < -0.3 is 15.3 Å². The van der Waals surface area contributed by atoms with E-state index in [1.54, 1.807) is 38.4 Å². The lowest BCUT2D eigenvalue weighted by atomic mass is 10.1. The second kappa shape index (κ2) is 5.56. The summed E-state index contributed by atoms with van der Waals surface area (Å²) >= 11 is 0. The number of fused-ring (bicyclic) bond motifs is 1. The highest BCUT2D eigenvalue weighted by Gasteiger charge is 2.13. The monoisotopic (exact) mass is 273 g/mol. The fourth-order valence-corrected chi connectivity index (χ4v) is 1.82. The minimum atomic E-state index is -1.02. The molecule has 1 amide bonds. The van der Waals surface area contributed by atoms with Gasteiger partial charge >= 0.3 is 5.97 Å². The van der Waals surface area contributed by atoms with Gasteiger partial charge in [0, 0.05) is 31.1 Å². The number of likely N-dealkylation sites (N-methyl/N-ethyl adjacent to an activating group) is 1. The summed E-state index contributed by atoms with van der Waals surface area (Å²) in [5, 5.41) is 13.4. The van der Waals surface area contributed by atoms with E-state index in [-0.39, 0.29) is 18.0 Å². The minimum Gasteiger partial charge on any atom is -0.478 e. The van der Waals surface area contributed by atoms with Crippen molar-refractivity contribution in [2.24, 2.45) is 0 Å². The molecule has 6 heteroatoms. The van der Waals surface area contributed by atoms with E-state index in [2.05, 4.69) is 10.3 Å². The number of aromatic nitrogens is 1. The van der Waals surface area contributed by atoms with Gasteiger partial charge in [0.1, 0.15) is 5.82 Å². The molecule has 0 spiro atoms. The van der Waals surface area contributed by atoms with E-state index in [1.165, 1.54) is 11.1 Å². The van der Waals surface area contributed by atoms with Crippen LogP contribution in [0.25, 0.3) is 10.8 Å². The summed E-state index contributed by atoms with van der Waals surface area (Å²) in [6.45, 7) is 0.108. The van der Waals surface area contributed by atoms with Gasteiger partial charge in [-0.05, 0) is 0 Å². The Balaban J connectivity index is 2.38. The fourth-order valence-electron chi connectivity index (χ4n) is 1.82. The number of rotatable bonds is 4. The molecule has 2 aromatic rings. The molecule has 1 aromatic heterocycles. The summed E-state index contributed by atoms with van der Waals surface area (Å²) < 4.78 is 0. The highest BCUT2D eigenvalue weighted by atomic mass is 16.4. The highest BCUT2D eigenvalue weighted by molar-refractivity contribution is 6.06. The number of nitrogens with one attached hydrogen (secondary N) is 1. The number of anilines is 1. The van der Waals surface area contributed by atoms with Gasteiger partial charge in [0.05, 0.1) is 12.1 Å². The van der Waals surface area contributed by atoms with E-state index in [0.29, 0.717) is 16.6 Å². The van der Waals surface area contributed by atoms with Crippen molar-refractivity contribution in [2.75, 3.05) is 26.0 Å². The zero-order valence-electron chi connectivity index (χ0n) is 11.3. The lowest BCUT2D eigenvalue weighted by Crippen LogP contribution is -2.28. The first-order valence-electron chi connectivity index (χ1n) is 6.05. The van der Waals surface area contributed by atoms with Crippen molar-refractivity contribution >= 4 is 28.5 Å². The van der Waals surface area contributed by atoms with Crippen molar-refractivity contribution in [3.8, 4) is 0 Å². The third kappa shape index (κ3) is 2.69. The summed E-state index contributed by atoms with van der Waals surface area (Å²) in [5.41, 5.74) is 0.144. The molecule has 20 heavy (non-hydrogen) atoms. The van der Waals surface area contributed by atoms with Crippen LogP contribution in [-0.4, -0.2) is 47.5 Å². The third-order valence-electron chi connectivity index (χ3n) is 2.93. The number of carbonyl (C=O) groups excluding carboxylic acids is 1. The quantitative estimate of drug-likeness (QED) is 0.880. The Morgan fingerprint density at radius 3 is 2.50 bits per heavy atom. The Bertz CT molecular complexity index is 668.